The first kappa shape index (κ1) is 19.0. The summed E-state index contributed by atoms with van der Waals surface area (Å²) in [5.74, 6) is -0.777. The number of hydrogen-bond acceptors (Lipinski definition) is 3. The number of benzene rings is 3. The first-order valence-electron chi connectivity index (χ1n) is 9.01. The first-order chi connectivity index (χ1) is 14.1. The number of carbonyl (C=O) groups excluding carboxylic acids is 2. The van der Waals surface area contributed by atoms with E-state index in [1.165, 1.54) is 23.9 Å². The molecule has 0 atom stereocenters. The Bertz CT molecular complexity index is 1100. The maximum Gasteiger partial charge on any atom is 0.262 e. The Morgan fingerprint density at radius 1 is 1.03 bits per heavy atom. The van der Waals surface area contributed by atoms with Crippen LogP contribution >= 0.6 is 11.8 Å². The minimum atomic E-state index is -0.316. The van der Waals surface area contributed by atoms with E-state index in [0.29, 0.717) is 22.7 Å². The number of rotatable bonds is 4. The Morgan fingerprint density at radius 2 is 1.79 bits per heavy atom. The van der Waals surface area contributed by atoms with Crippen molar-refractivity contribution in [2.45, 2.75) is 11.4 Å². The predicted octanol–water partition coefficient (Wildman–Crippen LogP) is 4.84. The van der Waals surface area contributed by atoms with E-state index in [-0.39, 0.29) is 17.6 Å². The van der Waals surface area contributed by atoms with Crippen LogP contribution in [0.5, 0.6) is 0 Å². The summed E-state index contributed by atoms with van der Waals surface area (Å²) in [6.45, 7) is 0.293. The molecule has 1 aliphatic rings. The highest BCUT2D eigenvalue weighted by atomic mass is 32.2. The number of amides is 2. The maximum absolute atomic E-state index is 13.0. The van der Waals surface area contributed by atoms with Crippen molar-refractivity contribution in [1.82, 2.24) is 5.32 Å². The molecule has 0 aromatic heterocycles. The zero-order chi connectivity index (χ0) is 20.2. The van der Waals surface area contributed by atoms with Crippen LogP contribution in [0.15, 0.2) is 82.6 Å². The molecule has 0 saturated heterocycles. The van der Waals surface area contributed by atoms with Gasteiger partial charge in [-0.1, -0.05) is 54.2 Å². The topological polar surface area (TPSA) is 58.2 Å². The third kappa shape index (κ3) is 4.55. The van der Waals surface area contributed by atoms with Crippen molar-refractivity contribution in [3.63, 3.8) is 0 Å². The highest BCUT2D eigenvalue weighted by Gasteiger charge is 2.22. The van der Waals surface area contributed by atoms with Crippen molar-refractivity contribution in [3.05, 3.63) is 100 Å². The number of nitrogens with one attached hydrogen (secondary N) is 2. The second-order valence-electron chi connectivity index (χ2n) is 6.50. The lowest BCUT2D eigenvalue weighted by Crippen LogP contribution is -2.23. The van der Waals surface area contributed by atoms with Crippen LogP contribution < -0.4 is 10.6 Å². The average Bonchev–Trinajstić information content (AvgIpc) is 2.74. The molecule has 0 fully saturated rings. The molecule has 0 spiro atoms. The van der Waals surface area contributed by atoms with Crippen molar-refractivity contribution in [2.24, 2.45) is 0 Å². The molecular formula is C23H17FN2O2S. The molecule has 1 aliphatic heterocycles. The fourth-order valence-electron chi connectivity index (χ4n) is 2.89. The molecule has 6 heteroatoms. The summed E-state index contributed by atoms with van der Waals surface area (Å²) in [7, 11) is 0. The van der Waals surface area contributed by atoms with Crippen molar-refractivity contribution in [3.8, 4) is 0 Å². The summed E-state index contributed by atoms with van der Waals surface area (Å²) in [5.41, 5.74) is 2.81. The van der Waals surface area contributed by atoms with Gasteiger partial charge in [0.1, 0.15) is 5.82 Å². The predicted molar refractivity (Wildman–Crippen MR) is 113 cm³/mol. The molecule has 0 aliphatic carbocycles. The normalized spacial score (nSPS) is 14.2. The van der Waals surface area contributed by atoms with Crippen LogP contribution in [-0.2, 0) is 11.3 Å². The van der Waals surface area contributed by atoms with E-state index in [2.05, 4.69) is 10.6 Å². The van der Waals surface area contributed by atoms with E-state index in [9.17, 15) is 14.0 Å². The summed E-state index contributed by atoms with van der Waals surface area (Å²) < 4.78 is 13.0. The van der Waals surface area contributed by atoms with Crippen molar-refractivity contribution < 1.29 is 14.0 Å². The molecule has 2 amide bonds. The zero-order valence-corrected chi connectivity index (χ0v) is 16.1. The highest BCUT2D eigenvalue weighted by Crippen LogP contribution is 2.39. The Kier molecular flexibility index (Phi) is 5.44. The smallest absolute Gasteiger partial charge is 0.262 e. The SMILES string of the molecule is O=C1Nc2cc(C(=O)NCc3ccc(F)cc3)ccc2S/C1=C\c1ccccc1. The van der Waals surface area contributed by atoms with Gasteiger partial charge in [0.25, 0.3) is 11.8 Å². The van der Waals surface area contributed by atoms with Crippen molar-refractivity contribution in [1.29, 1.82) is 0 Å². The van der Waals surface area contributed by atoms with Gasteiger partial charge in [-0.2, -0.15) is 0 Å². The molecular weight excluding hydrogens is 387 g/mol. The Hall–Kier alpha value is -3.38. The third-order valence-corrected chi connectivity index (χ3v) is 5.50. The standard InChI is InChI=1S/C23H17FN2O2S/c24-18-9-6-16(7-10-18)14-25-22(27)17-8-11-20-19(13-17)26-23(28)21(29-20)12-15-4-2-1-3-5-15/h1-13H,14H2,(H,25,27)(H,26,28)/b21-12-. The van der Waals surface area contributed by atoms with Gasteiger partial charge in [-0.3, -0.25) is 9.59 Å². The van der Waals surface area contributed by atoms with Crippen molar-refractivity contribution >= 4 is 35.3 Å². The Labute approximate surface area is 171 Å². The minimum Gasteiger partial charge on any atom is -0.348 e. The van der Waals surface area contributed by atoms with Crippen molar-refractivity contribution in [2.75, 3.05) is 5.32 Å². The van der Waals surface area contributed by atoms with Crippen LogP contribution in [0, 0.1) is 5.82 Å². The molecule has 0 bridgehead atoms. The molecule has 0 saturated carbocycles. The summed E-state index contributed by atoms with van der Waals surface area (Å²) in [6.07, 6.45) is 1.84. The molecule has 0 unspecified atom stereocenters. The van der Waals surface area contributed by atoms with E-state index in [0.717, 1.165) is 16.0 Å². The second kappa shape index (κ2) is 8.32. The molecule has 4 nitrogen and oxygen atoms in total. The largest absolute Gasteiger partial charge is 0.348 e. The van der Waals surface area contributed by atoms with Gasteiger partial charge >= 0.3 is 0 Å². The summed E-state index contributed by atoms with van der Waals surface area (Å²) in [4.78, 5) is 26.4. The fourth-order valence-corrected chi connectivity index (χ4v) is 3.82. The van der Waals surface area contributed by atoms with E-state index in [1.54, 1.807) is 24.3 Å². The number of fused-ring (bicyclic) bond motifs is 1. The molecule has 4 rings (SSSR count). The van der Waals surface area contributed by atoms with Gasteiger partial charge in [0.05, 0.1) is 10.6 Å². The molecule has 2 N–H and O–H groups in total. The van der Waals surface area contributed by atoms with Crippen LogP contribution in [0.2, 0.25) is 0 Å². The third-order valence-electron chi connectivity index (χ3n) is 4.40. The number of hydrogen-bond donors (Lipinski definition) is 2. The van der Waals surface area contributed by atoms with Gasteiger partial charge in [-0.15, -0.1) is 0 Å². The zero-order valence-electron chi connectivity index (χ0n) is 15.3. The summed E-state index contributed by atoms with van der Waals surface area (Å²) in [5, 5.41) is 5.66. The van der Waals surface area contributed by atoms with E-state index < -0.39 is 0 Å². The first-order valence-corrected chi connectivity index (χ1v) is 9.83. The molecule has 3 aromatic rings. The fraction of sp³-hybridized carbons (Fsp3) is 0.0435. The van der Waals surface area contributed by atoms with Crippen LogP contribution in [-0.4, -0.2) is 11.8 Å². The monoisotopic (exact) mass is 404 g/mol. The van der Waals surface area contributed by atoms with Crippen LogP contribution in [0.25, 0.3) is 6.08 Å². The molecule has 0 radical (unpaired) electrons. The lowest BCUT2D eigenvalue weighted by atomic mass is 10.1. The van der Waals surface area contributed by atoms with Gasteiger partial charge < -0.3 is 10.6 Å². The average molecular weight is 404 g/mol. The highest BCUT2D eigenvalue weighted by molar-refractivity contribution is 8.04. The van der Waals surface area contributed by atoms with Gasteiger partial charge in [-0.05, 0) is 47.5 Å². The number of carbonyl (C=O) groups is 2. The van der Waals surface area contributed by atoms with Gasteiger partial charge in [0.2, 0.25) is 0 Å². The number of halogens is 1. The lowest BCUT2D eigenvalue weighted by Gasteiger charge is -2.19. The number of thioether (sulfide) groups is 1. The molecule has 3 aromatic carbocycles. The van der Waals surface area contributed by atoms with Gasteiger partial charge in [0.15, 0.2) is 0 Å². The Morgan fingerprint density at radius 3 is 2.55 bits per heavy atom. The Balaban J connectivity index is 1.47. The maximum atomic E-state index is 13.0. The van der Waals surface area contributed by atoms with E-state index >= 15 is 0 Å². The van der Waals surface area contributed by atoms with E-state index in [1.807, 2.05) is 42.5 Å². The quantitative estimate of drug-likeness (QED) is 0.612. The van der Waals surface area contributed by atoms with Gasteiger partial charge in [-0.25, -0.2) is 4.39 Å². The second-order valence-corrected chi connectivity index (χ2v) is 7.58. The van der Waals surface area contributed by atoms with Gasteiger partial charge in [0, 0.05) is 17.0 Å². The lowest BCUT2D eigenvalue weighted by molar-refractivity contribution is -0.112. The molecule has 29 heavy (non-hydrogen) atoms. The summed E-state index contributed by atoms with van der Waals surface area (Å²) in [6, 6.07) is 20.8. The molecule has 1 heterocycles. The van der Waals surface area contributed by atoms with Crippen LogP contribution in [0.4, 0.5) is 10.1 Å². The van der Waals surface area contributed by atoms with E-state index in [4.69, 9.17) is 0 Å². The van der Waals surface area contributed by atoms with Crippen LogP contribution in [0.3, 0.4) is 0 Å². The molecule has 144 valence electrons. The minimum absolute atomic E-state index is 0.199. The van der Waals surface area contributed by atoms with Crippen LogP contribution in [0.1, 0.15) is 21.5 Å². The number of anilines is 1. The summed E-state index contributed by atoms with van der Waals surface area (Å²) >= 11 is 1.37.